The van der Waals surface area contributed by atoms with Gasteiger partial charge in [0.15, 0.2) is 0 Å². The molecule has 1 amide bonds. The standard InChI is InChI=1S/C23H23BrN4O3/c1-11-19-14(9-30-11)20-16(27-21(19)25)8-17(26-20)22(29)28(2)18-10-31-23(5-6-23)15-7-12(24)3-4-13(15)18/h3-4,7-8,11,18,26H,5-6,9-10H2,1-2H3,(H2,25,27)/t11-,18-/m1/s1. The molecule has 0 unspecified atom stereocenters. The molecule has 4 heterocycles. The van der Waals surface area contributed by atoms with E-state index in [9.17, 15) is 4.79 Å². The summed E-state index contributed by atoms with van der Waals surface area (Å²) in [5, 5.41) is 0. The Morgan fingerprint density at radius 3 is 2.94 bits per heavy atom. The van der Waals surface area contributed by atoms with Crippen molar-refractivity contribution in [3.8, 4) is 0 Å². The van der Waals surface area contributed by atoms with Gasteiger partial charge in [0.1, 0.15) is 11.5 Å². The number of ether oxygens (including phenoxy) is 2. The lowest BCUT2D eigenvalue weighted by atomic mass is 9.92. The van der Waals surface area contributed by atoms with Crippen LogP contribution in [0.1, 0.15) is 64.7 Å². The van der Waals surface area contributed by atoms with Crippen molar-refractivity contribution in [2.24, 2.45) is 0 Å². The van der Waals surface area contributed by atoms with Crippen molar-refractivity contribution in [2.45, 2.75) is 44.1 Å². The van der Waals surface area contributed by atoms with Crippen LogP contribution < -0.4 is 5.73 Å². The van der Waals surface area contributed by atoms with E-state index in [2.05, 4.69) is 38.0 Å². The number of fused-ring (bicyclic) bond motifs is 5. The number of amides is 1. The van der Waals surface area contributed by atoms with Gasteiger partial charge in [-0.1, -0.05) is 22.0 Å². The van der Waals surface area contributed by atoms with Crippen LogP contribution in [0.2, 0.25) is 0 Å². The summed E-state index contributed by atoms with van der Waals surface area (Å²) in [6.07, 6.45) is 1.96. The average molecular weight is 483 g/mol. The molecule has 3 aromatic rings. The van der Waals surface area contributed by atoms with E-state index >= 15 is 0 Å². The molecule has 3 aliphatic rings. The number of benzene rings is 1. The second kappa shape index (κ2) is 6.54. The van der Waals surface area contributed by atoms with Crippen molar-refractivity contribution in [2.75, 3.05) is 19.4 Å². The smallest absolute Gasteiger partial charge is 0.270 e. The Morgan fingerprint density at radius 1 is 1.35 bits per heavy atom. The summed E-state index contributed by atoms with van der Waals surface area (Å²) in [6.45, 7) is 2.91. The number of halogens is 1. The van der Waals surface area contributed by atoms with Gasteiger partial charge in [-0.15, -0.1) is 0 Å². The van der Waals surface area contributed by atoms with Crippen LogP contribution >= 0.6 is 15.9 Å². The zero-order valence-electron chi connectivity index (χ0n) is 17.4. The molecule has 2 atom stereocenters. The summed E-state index contributed by atoms with van der Waals surface area (Å²) < 4.78 is 13.0. The van der Waals surface area contributed by atoms with Gasteiger partial charge in [-0.05, 0) is 49.1 Å². The number of pyridine rings is 1. The highest BCUT2D eigenvalue weighted by atomic mass is 79.9. The Balaban J connectivity index is 1.37. The van der Waals surface area contributed by atoms with Crippen molar-refractivity contribution < 1.29 is 14.3 Å². The first kappa shape index (κ1) is 19.3. The molecular formula is C23H23BrN4O3. The Morgan fingerprint density at radius 2 is 2.16 bits per heavy atom. The Hall–Kier alpha value is -2.42. The van der Waals surface area contributed by atoms with Crippen LogP contribution in [0, 0.1) is 0 Å². The summed E-state index contributed by atoms with van der Waals surface area (Å²) in [6, 6.07) is 7.90. The van der Waals surface area contributed by atoms with Gasteiger partial charge in [-0.2, -0.15) is 0 Å². The van der Waals surface area contributed by atoms with Crippen LogP contribution in [0.5, 0.6) is 0 Å². The molecule has 0 radical (unpaired) electrons. The van der Waals surface area contributed by atoms with E-state index < -0.39 is 0 Å². The summed E-state index contributed by atoms with van der Waals surface area (Å²) in [7, 11) is 1.83. The number of hydrogen-bond acceptors (Lipinski definition) is 5. The number of nitrogens with two attached hydrogens (primary N) is 1. The largest absolute Gasteiger partial charge is 0.383 e. The van der Waals surface area contributed by atoms with E-state index in [0.717, 1.165) is 39.5 Å². The molecule has 6 rings (SSSR count). The average Bonchev–Trinajstić information content (AvgIpc) is 3.22. The third-order valence-electron chi connectivity index (χ3n) is 6.93. The molecule has 1 aliphatic carbocycles. The summed E-state index contributed by atoms with van der Waals surface area (Å²) >= 11 is 3.58. The maximum Gasteiger partial charge on any atom is 0.270 e. The molecule has 3 N–H and O–H groups in total. The second-order valence-corrected chi connectivity index (χ2v) is 9.67. The van der Waals surface area contributed by atoms with Gasteiger partial charge < -0.3 is 25.1 Å². The zero-order chi connectivity index (χ0) is 21.5. The van der Waals surface area contributed by atoms with Crippen molar-refractivity contribution in [3.63, 3.8) is 0 Å². The molecule has 8 heteroatoms. The lowest BCUT2D eigenvalue weighted by Gasteiger charge is -2.37. The third kappa shape index (κ3) is 2.78. The number of aromatic amines is 1. The molecule has 2 aliphatic heterocycles. The number of rotatable bonds is 2. The van der Waals surface area contributed by atoms with Crippen LogP contribution in [-0.4, -0.2) is 34.4 Å². The van der Waals surface area contributed by atoms with Crippen molar-refractivity contribution >= 4 is 38.7 Å². The molecule has 2 aromatic heterocycles. The predicted octanol–water partition coefficient (Wildman–Crippen LogP) is 4.33. The van der Waals surface area contributed by atoms with Crippen LogP contribution in [0.4, 0.5) is 5.82 Å². The van der Waals surface area contributed by atoms with Crippen molar-refractivity contribution in [3.05, 3.63) is 56.7 Å². The van der Waals surface area contributed by atoms with E-state index in [4.69, 9.17) is 15.2 Å². The minimum absolute atomic E-state index is 0.0954. The van der Waals surface area contributed by atoms with Gasteiger partial charge in [0.25, 0.3) is 5.91 Å². The number of nitrogens with one attached hydrogen (secondary N) is 1. The van der Waals surface area contributed by atoms with E-state index in [1.165, 1.54) is 5.56 Å². The number of nitrogens with zero attached hydrogens (tertiary/aromatic N) is 2. The maximum atomic E-state index is 13.5. The predicted molar refractivity (Wildman–Crippen MR) is 120 cm³/mol. The molecule has 1 fully saturated rings. The number of carbonyl (C=O) groups is 1. The molecule has 160 valence electrons. The number of nitrogen functional groups attached to an aromatic ring is 1. The summed E-state index contributed by atoms with van der Waals surface area (Å²) in [5.74, 6) is 0.361. The lowest BCUT2D eigenvalue weighted by molar-refractivity contribution is -0.0208. The first-order valence-corrected chi connectivity index (χ1v) is 11.3. The number of aromatic nitrogens is 2. The van der Waals surface area contributed by atoms with Crippen LogP contribution in [0.25, 0.3) is 11.0 Å². The van der Waals surface area contributed by atoms with E-state index in [1.807, 2.05) is 20.0 Å². The Kier molecular flexibility index (Phi) is 4.07. The number of carbonyl (C=O) groups excluding carboxylic acids is 1. The van der Waals surface area contributed by atoms with Crippen LogP contribution in [0.15, 0.2) is 28.7 Å². The second-order valence-electron chi connectivity index (χ2n) is 8.75. The van der Waals surface area contributed by atoms with Gasteiger partial charge in [0, 0.05) is 22.6 Å². The quantitative estimate of drug-likeness (QED) is 0.566. The zero-order valence-corrected chi connectivity index (χ0v) is 19.0. The number of anilines is 1. The molecule has 1 aromatic carbocycles. The fourth-order valence-corrected chi connectivity index (χ4v) is 5.41. The number of hydrogen-bond donors (Lipinski definition) is 2. The monoisotopic (exact) mass is 482 g/mol. The highest BCUT2D eigenvalue weighted by Gasteiger charge is 2.51. The maximum absolute atomic E-state index is 13.5. The number of H-pyrrole nitrogens is 1. The minimum atomic E-state index is -0.167. The van der Waals surface area contributed by atoms with Gasteiger partial charge >= 0.3 is 0 Å². The molecule has 7 nitrogen and oxygen atoms in total. The minimum Gasteiger partial charge on any atom is -0.383 e. The van der Waals surface area contributed by atoms with E-state index in [1.54, 1.807) is 11.0 Å². The molecule has 1 spiro atoms. The van der Waals surface area contributed by atoms with E-state index in [0.29, 0.717) is 30.2 Å². The molecule has 31 heavy (non-hydrogen) atoms. The topological polar surface area (TPSA) is 93.5 Å². The van der Waals surface area contributed by atoms with Gasteiger partial charge in [0.05, 0.1) is 42.0 Å². The van der Waals surface area contributed by atoms with Gasteiger partial charge in [0.2, 0.25) is 0 Å². The Labute approximate surface area is 188 Å². The summed E-state index contributed by atoms with van der Waals surface area (Å²) in [5.41, 5.74) is 12.2. The SMILES string of the molecule is C[C@H]1OCc2c1c(N)nc1cc(C(=O)N(C)[C@@H]3COC4(CC4)c4cc(Br)ccc43)[nH]c21. The van der Waals surface area contributed by atoms with Gasteiger partial charge in [-0.25, -0.2) is 4.98 Å². The van der Waals surface area contributed by atoms with Crippen molar-refractivity contribution in [1.29, 1.82) is 0 Å². The van der Waals surface area contributed by atoms with Crippen LogP contribution in [-0.2, 0) is 21.7 Å². The number of likely N-dealkylation sites (N-methyl/N-ethyl adjacent to an activating group) is 1. The van der Waals surface area contributed by atoms with Crippen molar-refractivity contribution in [1.82, 2.24) is 14.9 Å². The first-order chi connectivity index (χ1) is 14.9. The fraction of sp³-hybridized carbons (Fsp3) is 0.391. The van der Waals surface area contributed by atoms with Crippen LogP contribution in [0.3, 0.4) is 0 Å². The molecule has 0 saturated heterocycles. The highest BCUT2D eigenvalue weighted by molar-refractivity contribution is 9.10. The normalized spacial score (nSPS) is 23.1. The third-order valence-corrected chi connectivity index (χ3v) is 7.42. The lowest BCUT2D eigenvalue weighted by Crippen LogP contribution is -2.39. The van der Waals surface area contributed by atoms with Gasteiger partial charge in [-0.3, -0.25) is 4.79 Å². The molecule has 1 saturated carbocycles. The molecule has 0 bridgehead atoms. The highest BCUT2D eigenvalue weighted by Crippen LogP contribution is 2.55. The summed E-state index contributed by atoms with van der Waals surface area (Å²) in [4.78, 5) is 23.0. The molecular weight excluding hydrogens is 460 g/mol. The van der Waals surface area contributed by atoms with E-state index in [-0.39, 0.29) is 23.7 Å². The Bertz CT molecular complexity index is 1250. The fourth-order valence-electron chi connectivity index (χ4n) is 5.05. The first-order valence-electron chi connectivity index (χ1n) is 10.5.